The molecule has 0 bridgehead atoms. The number of benzene rings is 2. The van der Waals surface area contributed by atoms with E-state index in [1.807, 2.05) is 24.3 Å². The van der Waals surface area contributed by atoms with Crippen LogP contribution < -0.4 is 5.32 Å². The van der Waals surface area contributed by atoms with Crippen LogP contribution in [0.25, 0.3) is 11.1 Å². The zero-order valence-corrected chi connectivity index (χ0v) is 14.6. The highest BCUT2D eigenvalue weighted by Crippen LogP contribution is 2.51. The highest BCUT2D eigenvalue weighted by atomic mass is 35.5. The first kappa shape index (κ1) is 18.5. The Kier molecular flexibility index (Phi) is 5.10. The van der Waals surface area contributed by atoms with Crippen molar-refractivity contribution in [2.75, 3.05) is 12.4 Å². The van der Waals surface area contributed by atoms with Crippen LogP contribution in [0.1, 0.15) is 17.5 Å². The average molecular weight is 380 g/mol. The number of halogens is 4. The van der Waals surface area contributed by atoms with Crippen molar-refractivity contribution in [2.45, 2.75) is 18.0 Å². The number of hydrogen-bond acceptors (Lipinski definition) is 1. The molecule has 0 spiro atoms. The lowest BCUT2D eigenvalue weighted by Crippen LogP contribution is -2.46. The van der Waals surface area contributed by atoms with Gasteiger partial charge >= 0.3 is 6.18 Å². The predicted molar refractivity (Wildman–Crippen MR) is 96.2 cm³/mol. The fourth-order valence-corrected chi connectivity index (χ4v) is 3.66. The SMILES string of the molecule is O=C(NCC(F)(F)F)C1(C/C=C/CCl)c2ccccc2-c2ccccc21. The summed E-state index contributed by atoms with van der Waals surface area (Å²) in [6.07, 6.45) is -0.791. The quantitative estimate of drug-likeness (QED) is 0.586. The van der Waals surface area contributed by atoms with Gasteiger partial charge in [-0.2, -0.15) is 13.2 Å². The summed E-state index contributed by atoms with van der Waals surface area (Å²) in [4.78, 5) is 13.1. The molecule has 0 aromatic heterocycles. The third-order valence-corrected chi connectivity index (χ3v) is 4.76. The zero-order chi connectivity index (χ0) is 18.8. The molecule has 1 aliphatic rings. The molecule has 0 radical (unpaired) electrons. The molecule has 1 N–H and O–H groups in total. The van der Waals surface area contributed by atoms with Crippen molar-refractivity contribution in [3.8, 4) is 11.1 Å². The second-order valence-corrected chi connectivity index (χ2v) is 6.43. The Bertz CT molecular complexity index is 799. The van der Waals surface area contributed by atoms with Crippen LogP contribution in [-0.2, 0) is 10.2 Å². The lowest BCUT2D eigenvalue weighted by molar-refractivity contribution is -0.140. The van der Waals surface area contributed by atoms with Gasteiger partial charge in [0.25, 0.3) is 0 Å². The summed E-state index contributed by atoms with van der Waals surface area (Å²) in [7, 11) is 0. The Morgan fingerprint density at radius 3 is 2.04 bits per heavy atom. The van der Waals surface area contributed by atoms with E-state index >= 15 is 0 Å². The zero-order valence-electron chi connectivity index (χ0n) is 13.8. The van der Waals surface area contributed by atoms with Crippen LogP contribution >= 0.6 is 11.6 Å². The molecule has 1 amide bonds. The molecule has 2 aromatic carbocycles. The van der Waals surface area contributed by atoms with E-state index in [2.05, 4.69) is 5.32 Å². The van der Waals surface area contributed by atoms with Crippen LogP contribution in [0.4, 0.5) is 13.2 Å². The van der Waals surface area contributed by atoms with Gasteiger partial charge in [0.15, 0.2) is 0 Å². The summed E-state index contributed by atoms with van der Waals surface area (Å²) < 4.78 is 38.0. The largest absolute Gasteiger partial charge is 0.405 e. The van der Waals surface area contributed by atoms with Crippen molar-refractivity contribution in [3.05, 3.63) is 71.8 Å². The Morgan fingerprint density at radius 2 is 1.54 bits per heavy atom. The van der Waals surface area contributed by atoms with Gasteiger partial charge in [-0.25, -0.2) is 0 Å². The monoisotopic (exact) mass is 379 g/mol. The van der Waals surface area contributed by atoms with Gasteiger partial charge in [0, 0.05) is 5.88 Å². The van der Waals surface area contributed by atoms with E-state index in [1.54, 1.807) is 36.4 Å². The molecule has 0 atom stereocenters. The van der Waals surface area contributed by atoms with Gasteiger partial charge in [-0.3, -0.25) is 4.79 Å². The number of carbonyl (C=O) groups is 1. The summed E-state index contributed by atoms with van der Waals surface area (Å²) in [6, 6.07) is 14.7. The van der Waals surface area contributed by atoms with E-state index in [9.17, 15) is 18.0 Å². The molecule has 2 aromatic rings. The molecule has 0 unspecified atom stereocenters. The van der Waals surface area contributed by atoms with Gasteiger partial charge < -0.3 is 5.32 Å². The van der Waals surface area contributed by atoms with Crippen LogP contribution in [-0.4, -0.2) is 24.5 Å². The van der Waals surface area contributed by atoms with Gasteiger partial charge in [-0.15, -0.1) is 11.6 Å². The normalized spacial score (nSPS) is 14.9. The van der Waals surface area contributed by atoms with Gasteiger partial charge in [0.05, 0.1) is 0 Å². The van der Waals surface area contributed by atoms with Crippen molar-refractivity contribution in [1.82, 2.24) is 5.32 Å². The number of rotatable bonds is 5. The Morgan fingerprint density at radius 1 is 1.00 bits per heavy atom. The number of amides is 1. The Balaban J connectivity index is 2.14. The summed E-state index contributed by atoms with van der Waals surface area (Å²) in [5, 5.41) is 2.08. The minimum atomic E-state index is -4.47. The molecule has 1 aliphatic carbocycles. The number of allylic oxidation sites excluding steroid dienone is 2. The van der Waals surface area contributed by atoms with E-state index in [1.165, 1.54) is 0 Å². The van der Waals surface area contributed by atoms with Crippen LogP contribution in [0.3, 0.4) is 0 Å². The molecular formula is C20H17ClF3NO. The first-order valence-corrected chi connectivity index (χ1v) is 8.69. The summed E-state index contributed by atoms with van der Waals surface area (Å²) in [5.74, 6) is -0.393. The van der Waals surface area contributed by atoms with Crippen LogP contribution in [0.5, 0.6) is 0 Å². The highest BCUT2D eigenvalue weighted by Gasteiger charge is 2.48. The summed E-state index contributed by atoms with van der Waals surface area (Å²) in [6.45, 7) is -1.36. The second-order valence-electron chi connectivity index (χ2n) is 6.12. The van der Waals surface area contributed by atoms with Gasteiger partial charge in [-0.05, 0) is 28.7 Å². The van der Waals surface area contributed by atoms with Crippen molar-refractivity contribution in [3.63, 3.8) is 0 Å². The Labute approximate surface area is 154 Å². The van der Waals surface area contributed by atoms with E-state index in [4.69, 9.17) is 11.6 Å². The molecule has 136 valence electrons. The number of nitrogens with one attached hydrogen (secondary N) is 1. The average Bonchev–Trinajstić information content (AvgIpc) is 2.91. The Hall–Kier alpha value is -2.27. The van der Waals surface area contributed by atoms with Crippen LogP contribution in [0, 0.1) is 0 Å². The van der Waals surface area contributed by atoms with Crippen molar-refractivity contribution in [2.24, 2.45) is 0 Å². The topological polar surface area (TPSA) is 29.1 Å². The van der Waals surface area contributed by atoms with Crippen molar-refractivity contribution in [1.29, 1.82) is 0 Å². The van der Waals surface area contributed by atoms with E-state index in [-0.39, 0.29) is 12.3 Å². The van der Waals surface area contributed by atoms with Crippen LogP contribution in [0.15, 0.2) is 60.7 Å². The summed E-state index contributed by atoms with van der Waals surface area (Å²) >= 11 is 5.70. The molecule has 0 saturated heterocycles. The van der Waals surface area contributed by atoms with Gasteiger partial charge in [0.2, 0.25) is 5.91 Å². The van der Waals surface area contributed by atoms with Gasteiger partial charge in [-0.1, -0.05) is 60.7 Å². The molecule has 2 nitrogen and oxygen atoms in total. The third-order valence-electron chi connectivity index (χ3n) is 4.58. The minimum Gasteiger partial charge on any atom is -0.346 e. The standard InChI is InChI=1S/C20H17ClF3NO/c21-12-6-5-11-19(18(26)25-13-20(22,23)24)16-9-3-1-7-14(16)15-8-2-4-10-17(15)19/h1-10H,11-13H2,(H,25,26)/b6-5+. The number of fused-ring (bicyclic) bond motifs is 3. The molecule has 0 fully saturated rings. The number of alkyl halides is 4. The highest BCUT2D eigenvalue weighted by molar-refractivity contribution is 6.18. The van der Waals surface area contributed by atoms with E-state index in [0.717, 1.165) is 11.1 Å². The predicted octanol–water partition coefficient (Wildman–Crippen LogP) is 4.82. The first-order chi connectivity index (χ1) is 12.4. The lowest BCUT2D eigenvalue weighted by atomic mass is 9.74. The van der Waals surface area contributed by atoms with E-state index in [0.29, 0.717) is 11.1 Å². The molecular weight excluding hydrogens is 363 g/mol. The van der Waals surface area contributed by atoms with Gasteiger partial charge in [0.1, 0.15) is 12.0 Å². The fourth-order valence-electron chi connectivity index (χ4n) is 3.54. The first-order valence-electron chi connectivity index (χ1n) is 8.15. The number of hydrogen-bond donors (Lipinski definition) is 1. The molecule has 6 heteroatoms. The molecule has 0 aliphatic heterocycles. The maximum atomic E-state index is 13.1. The van der Waals surface area contributed by atoms with Crippen molar-refractivity contribution < 1.29 is 18.0 Å². The maximum Gasteiger partial charge on any atom is 0.405 e. The van der Waals surface area contributed by atoms with Crippen molar-refractivity contribution >= 4 is 17.5 Å². The summed E-state index contributed by atoms with van der Waals surface area (Å²) in [5.41, 5.74) is 1.94. The minimum absolute atomic E-state index is 0.234. The third kappa shape index (κ3) is 3.23. The fraction of sp³-hybridized carbons (Fsp3) is 0.250. The molecule has 26 heavy (non-hydrogen) atoms. The second kappa shape index (κ2) is 7.16. The van der Waals surface area contributed by atoms with Crippen LogP contribution in [0.2, 0.25) is 0 Å². The molecule has 0 saturated carbocycles. The number of carbonyl (C=O) groups excluding carboxylic acids is 1. The van der Waals surface area contributed by atoms with E-state index < -0.39 is 24.0 Å². The molecule has 0 heterocycles. The maximum absolute atomic E-state index is 13.1. The molecule has 3 rings (SSSR count). The lowest BCUT2D eigenvalue weighted by Gasteiger charge is -2.30. The smallest absolute Gasteiger partial charge is 0.346 e.